The number of rotatable bonds is 4. The van der Waals surface area contributed by atoms with Crippen LogP contribution in [0.25, 0.3) is 0 Å². The smallest absolute Gasteiger partial charge is 0.253 e. The first-order chi connectivity index (χ1) is 12.0. The second-order valence-electron chi connectivity index (χ2n) is 6.73. The third-order valence-corrected chi connectivity index (χ3v) is 4.88. The minimum atomic E-state index is -0.0321. The molecule has 4 heteroatoms. The van der Waals surface area contributed by atoms with Gasteiger partial charge in [-0.1, -0.05) is 18.2 Å². The van der Waals surface area contributed by atoms with Crippen LogP contribution < -0.4 is 9.64 Å². The number of nitrogens with zero attached hydrogens (tertiary/aromatic N) is 2. The Hall–Kier alpha value is -2.49. The Morgan fingerprint density at radius 1 is 1.20 bits per heavy atom. The maximum absolute atomic E-state index is 12.7. The second kappa shape index (κ2) is 7.18. The third kappa shape index (κ3) is 3.63. The highest BCUT2D eigenvalue weighted by molar-refractivity contribution is 5.94. The van der Waals surface area contributed by atoms with E-state index in [0.717, 1.165) is 35.7 Å². The van der Waals surface area contributed by atoms with E-state index in [1.54, 1.807) is 4.90 Å². The van der Waals surface area contributed by atoms with Crippen LogP contribution in [-0.2, 0) is 0 Å². The lowest BCUT2D eigenvalue weighted by atomic mass is 10.1. The summed E-state index contributed by atoms with van der Waals surface area (Å²) >= 11 is 0. The molecule has 132 valence electrons. The number of fused-ring (bicyclic) bond motifs is 1. The highest BCUT2D eigenvalue weighted by Crippen LogP contribution is 2.32. The van der Waals surface area contributed by atoms with Crippen LogP contribution in [0.15, 0.2) is 42.5 Å². The van der Waals surface area contributed by atoms with Crippen molar-refractivity contribution >= 4 is 11.6 Å². The van der Waals surface area contributed by atoms with Gasteiger partial charge in [0.2, 0.25) is 0 Å². The van der Waals surface area contributed by atoms with Crippen molar-refractivity contribution in [3.05, 3.63) is 59.2 Å². The fraction of sp³-hybridized carbons (Fsp3) is 0.381. The number of anilines is 1. The number of para-hydroxylation sites is 2. The van der Waals surface area contributed by atoms with Gasteiger partial charge in [-0.3, -0.25) is 4.79 Å². The second-order valence-corrected chi connectivity index (χ2v) is 6.73. The summed E-state index contributed by atoms with van der Waals surface area (Å²) in [6.45, 7) is 8.51. The largest absolute Gasteiger partial charge is 0.485 e. The molecular weight excluding hydrogens is 312 g/mol. The molecule has 2 aromatic rings. The van der Waals surface area contributed by atoms with Gasteiger partial charge >= 0.3 is 0 Å². The predicted molar refractivity (Wildman–Crippen MR) is 102 cm³/mol. The van der Waals surface area contributed by atoms with E-state index in [4.69, 9.17) is 4.74 Å². The monoisotopic (exact) mass is 338 g/mol. The lowest BCUT2D eigenvalue weighted by Gasteiger charge is -2.37. The van der Waals surface area contributed by atoms with Crippen molar-refractivity contribution in [2.45, 2.75) is 26.9 Å². The van der Waals surface area contributed by atoms with Crippen LogP contribution in [-0.4, -0.2) is 43.6 Å². The Labute approximate surface area is 150 Å². The van der Waals surface area contributed by atoms with Crippen LogP contribution in [0.2, 0.25) is 0 Å². The Balaban J connectivity index is 1.71. The summed E-state index contributed by atoms with van der Waals surface area (Å²) in [5.74, 6) is 0.932. The summed E-state index contributed by atoms with van der Waals surface area (Å²) in [5, 5.41) is 0. The third-order valence-electron chi connectivity index (χ3n) is 4.88. The van der Waals surface area contributed by atoms with E-state index in [1.165, 1.54) is 5.56 Å². The van der Waals surface area contributed by atoms with E-state index in [0.29, 0.717) is 6.54 Å². The van der Waals surface area contributed by atoms with E-state index >= 15 is 0 Å². The van der Waals surface area contributed by atoms with E-state index in [1.807, 2.05) is 50.4 Å². The van der Waals surface area contributed by atoms with Gasteiger partial charge in [-0.25, -0.2) is 0 Å². The van der Waals surface area contributed by atoms with Crippen molar-refractivity contribution in [2.24, 2.45) is 0 Å². The Bertz CT molecular complexity index is 772. The molecule has 0 unspecified atom stereocenters. The molecule has 0 saturated heterocycles. The van der Waals surface area contributed by atoms with Crippen LogP contribution in [0.4, 0.5) is 5.69 Å². The molecule has 0 radical (unpaired) electrons. The number of carbonyl (C=O) groups is 1. The van der Waals surface area contributed by atoms with Crippen LogP contribution in [0.1, 0.15) is 28.4 Å². The van der Waals surface area contributed by atoms with Crippen molar-refractivity contribution in [1.82, 2.24) is 4.90 Å². The average Bonchev–Trinajstić information content (AvgIpc) is 2.62. The Morgan fingerprint density at radius 3 is 2.68 bits per heavy atom. The molecule has 25 heavy (non-hydrogen) atoms. The normalized spacial score (nSPS) is 16.2. The lowest BCUT2D eigenvalue weighted by molar-refractivity contribution is 0.0709. The molecule has 1 amide bonds. The van der Waals surface area contributed by atoms with Gasteiger partial charge in [-0.05, 0) is 56.2 Å². The van der Waals surface area contributed by atoms with Gasteiger partial charge in [0.15, 0.2) is 0 Å². The minimum absolute atomic E-state index is 0.0321. The van der Waals surface area contributed by atoms with Crippen LogP contribution in [0.3, 0.4) is 0 Å². The van der Waals surface area contributed by atoms with Crippen molar-refractivity contribution in [3.8, 4) is 5.75 Å². The number of likely N-dealkylation sites (N-methyl/N-ethyl adjacent to an activating group) is 2. The Kier molecular flexibility index (Phi) is 4.98. The fourth-order valence-electron chi connectivity index (χ4n) is 3.26. The van der Waals surface area contributed by atoms with E-state index in [-0.39, 0.29) is 12.0 Å². The zero-order chi connectivity index (χ0) is 18.0. The molecule has 0 aliphatic carbocycles. The topological polar surface area (TPSA) is 32.8 Å². The molecule has 1 aliphatic rings. The van der Waals surface area contributed by atoms with Crippen molar-refractivity contribution in [1.29, 1.82) is 0 Å². The van der Waals surface area contributed by atoms with E-state index in [9.17, 15) is 4.79 Å². The van der Waals surface area contributed by atoms with Gasteiger partial charge in [-0.15, -0.1) is 0 Å². The average molecular weight is 338 g/mol. The standard InChI is InChI=1S/C21H26N2O2/c1-5-23-14-18(25-20-9-7-6-8-19(20)23)13-22(4)21(24)17-11-10-15(2)16(3)12-17/h6-12,18H,5,13-14H2,1-4H3/t18-/m1/s1. The first-order valence-corrected chi connectivity index (χ1v) is 8.83. The first kappa shape index (κ1) is 17.3. The number of hydrogen-bond donors (Lipinski definition) is 0. The molecule has 0 fully saturated rings. The number of hydrogen-bond acceptors (Lipinski definition) is 3. The molecule has 2 aromatic carbocycles. The van der Waals surface area contributed by atoms with Crippen LogP contribution in [0, 0.1) is 13.8 Å². The number of aryl methyl sites for hydroxylation is 2. The molecule has 0 N–H and O–H groups in total. The molecule has 0 bridgehead atoms. The summed E-state index contributed by atoms with van der Waals surface area (Å²) in [4.78, 5) is 16.8. The van der Waals surface area contributed by atoms with Crippen molar-refractivity contribution < 1.29 is 9.53 Å². The molecule has 4 nitrogen and oxygen atoms in total. The summed E-state index contributed by atoms with van der Waals surface area (Å²) in [6.07, 6.45) is -0.0321. The van der Waals surface area contributed by atoms with Gasteiger partial charge in [0, 0.05) is 19.2 Å². The molecular formula is C21H26N2O2. The summed E-state index contributed by atoms with van der Waals surface area (Å²) in [5.41, 5.74) is 4.20. The van der Waals surface area contributed by atoms with Gasteiger partial charge in [0.25, 0.3) is 5.91 Å². The van der Waals surface area contributed by atoms with Gasteiger partial charge in [0.1, 0.15) is 11.9 Å². The summed E-state index contributed by atoms with van der Waals surface area (Å²) in [6, 6.07) is 14.0. The number of amides is 1. The fourth-order valence-corrected chi connectivity index (χ4v) is 3.26. The Morgan fingerprint density at radius 2 is 1.96 bits per heavy atom. The van der Waals surface area contributed by atoms with Crippen molar-refractivity contribution in [2.75, 3.05) is 31.6 Å². The molecule has 1 aliphatic heterocycles. The highest BCUT2D eigenvalue weighted by atomic mass is 16.5. The molecule has 0 spiro atoms. The maximum Gasteiger partial charge on any atom is 0.253 e. The predicted octanol–water partition coefficient (Wildman–Crippen LogP) is 3.66. The summed E-state index contributed by atoms with van der Waals surface area (Å²) < 4.78 is 6.13. The van der Waals surface area contributed by atoms with E-state index < -0.39 is 0 Å². The zero-order valence-electron chi connectivity index (χ0n) is 15.5. The molecule has 0 saturated carbocycles. The van der Waals surface area contributed by atoms with Crippen LogP contribution >= 0.6 is 0 Å². The minimum Gasteiger partial charge on any atom is -0.485 e. The quantitative estimate of drug-likeness (QED) is 0.853. The van der Waals surface area contributed by atoms with Crippen LogP contribution in [0.5, 0.6) is 5.75 Å². The zero-order valence-corrected chi connectivity index (χ0v) is 15.5. The van der Waals surface area contributed by atoms with E-state index in [2.05, 4.69) is 24.8 Å². The van der Waals surface area contributed by atoms with Gasteiger partial charge in [0.05, 0.1) is 18.8 Å². The molecule has 1 heterocycles. The lowest BCUT2D eigenvalue weighted by Crippen LogP contribution is -2.46. The maximum atomic E-state index is 12.7. The van der Waals surface area contributed by atoms with Gasteiger partial charge < -0.3 is 14.5 Å². The number of benzene rings is 2. The first-order valence-electron chi connectivity index (χ1n) is 8.83. The number of ether oxygens (including phenoxy) is 1. The number of carbonyl (C=O) groups excluding carboxylic acids is 1. The molecule has 0 aromatic heterocycles. The molecule has 3 rings (SSSR count). The SMILES string of the molecule is CCN1C[C@@H](CN(C)C(=O)c2ccc(C)c(C)c2)Oc2ccccc21. The summed E-state index contributed by atoms with van der Waals surface area (Å²) in [7, 11) is 1.84. The van der Waals surface area contributed by atoms with Crippen molar-refractivity contribution in [3.63, 3.8) is 0 Å². The van der Waals surface area contributed by atoms with Gasteiger partial charge in [-0.2, -0.15) is 0 Å². The molecule has 1 atom stereocenters. The highest BCUT2D eigenvalue weighted by Gasteiger charge is 2.27.